The minimum atomic E-state index is -4.40. The largest absolute Gasteiger partial charge is 0.479 e. The van der Waals surface area contributed by atoms with Crippen LogP contribution >= 0.6 is 0 Å². The molecule has 218 valence electrons. The van der Waals surface area contributed by atoms with Crippen LogP contribution in [0.25, 0.3) is 5.57 Å². The highest BCUT2D eigenvalue weighted by Crippen LogP contribution is 2.39. The van der Waals surface area contributed by atoms with Crippen molar-refractivity contribution in [3.8, 4) is 0 Å². The summed E-state index contributed by atoms with van der Waals surface area (Å²) in [5.41, 5.74) is 1.89. The number of hydrogen-bond donors (Lipinski definition) is 6. The molecule has 1 heterocycles. The predicted molar refractivity (Wildman–Crippen MR) is 136 cm³/mol. The summed E-state index contributed by atoms with van der Waals surface area (Å²) in [4.78, 5) is 11.4. The molecule has 0 amide bonds. The Balaban J connectivity index is 1.42. The molecule has 1 aliphatic heterocycles. The second kappa shape index (κ2) is 12.4. The molecule has 12 heteroatoms. The van der Waals surface area contributed by atoms with E-state index in [2.05, 4.69) is 5.32 Å². The van der Waals surface area contributed by atoms with Crippen LogP contribution in [-0.2, 0) is 26.9 Å². The average Bonchev–Trinajstić information content (AvgIpc) is 2.91. The first-order chi connectivity index (χ1) is 18.9. The Morgan fingerprint density at radius 1 is 1.05 bits per heavy atom. The van der Waals surface area contributed by atoms with Gasteiger partial charge in [-0.2, -0.15) is 13.2 Å². The quantitative estimate of drug-likeness (QED) is 0.250. The number of carboxylic acids is 1. The Hall–Kier alpha value is -2.84. The first-order valence-electron chi connectivity index (χ1n) is 12.8. The van der Waals surface area contributed by atoms with Gasteiger partial charge in [0, 0.05) is 6.04 Å². The number of alkyl halides is 3. The van der Waals surface area contributed by atoms with E-state index in [1.54, 1.807) is 36.4 Å². The molecule has 0 unspecified atom stereocenters. The first kappa shape index (κ1) is 30.1. The fraction of sp³-hybridized carbons (Fsp3) is 0.464. The minimum Gasteiger partial charge on any atom is -0.479 e. The molecule has 0 aromatic heterocycles. The molecule has 40 heavy (non-hydrogen) atoms. The Morgan fingerprint density at radius 3 is 2.48 bits per heavy atom. The second-order valence-corrected chi connectivity index (χ2v) is 9.97. The van der Waals surface area contributed by atoms with Crippen LogP contribution in [0.3, 0.4) is 0 Å². The summed E-state index contributed by atoms with van der Waals surface area (Å²) in [5, 5.41) is 54.0. The standard InChI is InChI=1S/C28H32F3NO8/c1-14(32-11-5-7-15-6-4-8-16(12-15)28(29,30)31)19-13-20(33)24(18-10-3-2-9-17(18)19)39-27-23(36)21(34)22(35)25(40-27)26(37)38/h2-4,6,8-10,12-14,20-25,27,32-36H,5,7,11H2,1H3,(H,37,38)/t14-,20-,21+,22+,23-,24-,25+,27-/m1/s1. The number of carboxylic acid groups (broad SMARTS) is 1. The van der Waals surface area contributed by atoms with E-state index in [1.807, 2.05) is 6.92 Å². The molecule has 1 saturated heterocycles. The lowest BCUT2D eigenvalue weighted by Crippen LogP contribution is -2.60. The summed E-state index contributed by atoms with van der Waals surface area (Å²) in [5.74, 6) is -1.55. The molecule has 2 aliphatic rings. The molecular formula is C28H32F3NO8. The van der Waals surface area contributed by atoms with Crippen LogP contribution in [-0.4, -0.2) is 80.9 Å². The Morgan fingerprint density at radius 2 is 1.77 bits per heavy atom. The molecule has 8 atom stereocenters. The van der Waals surface area contributed by atoms with Crippen LogP contribution in [0.4, 0.5) is 13.2 Å². The molecule has 0 spiro atoms. The van der Waals surface area contributed by atoms with Crippen molar-refractivity contribution in [2.75, 3.05) is 6.54 Å². The van der Waals surface area contributed by atoms with E-state index in [0.29, 0.717) is 30.5 Å². The summed E-state index contributed by atoms with van der Waals surface area (Å²) in [6.07, 6.45) is -13.1. The number of aliphatic hydroxyl groups is 4. The van der Waals surface area contributed by atoms with Gasteiger partial charge in [0.05, 0.1) is 5.56 Å². The highest BCUT2D eigenvalue weighted by atomic mass is 19.4. The van der Waals surface area contributed by atoms with Gasteiger partial charge in [-0.25, -0.2) is 4.79 Å². The fourth-order valence-corrected chi connectivity index (χ4v) is 5.02. The molecule has 4 rings (SSSR count). The van der Waals surface area contributed by atoms with Gasteiger partial charge in [-0.15, -0.1) is 0 Å². The van der Waals surface area contributed by atoms with Gasteiger partial charge in [-0.05, 0) is 60.7 Å². The van der Waals surface area contributed by atoms with Gasteiger partial charge in [0.2, 0.25) is 0 Å². The van der Waals surface area contributed by atoms with Crippen LogP contribution in [0.2, 0.25) is 0 Å². The average molecular weight is 568 g/mol. The van der Waals surface area contributed by atoms with Crippen LogP contribution in [0.15, 0.2) is 54.6 Å². The fourth-order valence-electron chi connectivity index (χ4n) is 5.02. The number of aryl methyl sites for hydroxylation is 1. The van der Waals surface area contributed by atoms with Gasteiger partial charge in [-0.3, -0.25) is 0 Å². The van der Waals surface area contributed by atoms with Gasteiger partial charge in [0.15, 0.2) is 12.4 Å². The number of benzene rings is 2. The smallest absolute Gasteiger partial charge is 0.416 e. The topological polar surface area (TPSA) is 149 Å². The molecule has 9 nitrogen and oxygen atoms in total. The predicted octanol–water partition coefficient (Wildman–Crippen LogP) is 2.02. The van der Waals surface area contributed by atoms with Crippen LogP contribution in [0, 0.1) is 0 Å². The normalized spacial score (nSPS) is 29.4. The van der Waals surface area contributed by atoms with E-state index >= 15 is 0 Å². The summed E-state index contributed by atoms with van der Waals surface area (Å²) in [7, 11) is 0. The van der Waals surface area contributed by atoms with Crippen molar-refractivity contribution in [2.45, 2.75) is 74.9 Å². The van der Waals surface area contributed by atoms with E-state index < -0.39 is 60.6 Å². The van der Waals surface area contributed by atoms with Crippen molar-refractivity contribution in [1.82, 2.24) is 5.32 Å². The Kier molecular flexibility index (Phi) is 9.30. The Bertz CT molecular complexity index is 1220. The number of fused-ring (bicyclic) bond motifs is 1. The molecule has 0 bridgehead atoms. The summed E-state index contributed by atoms with van der Waals surface area (Å²) in [6, 6.07) is 12.0. The third-order valence-corrected chi connectivity index (χ3v) is 7.15. The summed E-state index contributed by atoms with van der Waals surface area (Å²) < 4.78 is 49.9. The molecule has 1 fully saturated rings. The zero-order valence-electron chi connectivity index (χ0n) is 21.5. The lowest BCUT2D eigenvalue weighted by Gasteiger charge is -2.41. The van der Waals surface area contributed by atoms with Gasteiger partial charge in [0.1, 0.15) is 30.5 Å². The van der Waals surface area contributed by atoms with E-state index in [1.165, 1.54) is 6.07 Å². The van der Waals surface area contributed by atoms with Gasteiger partial charge >= 0.3 is 12.1 Å². The highest BCUT2D eigenvalue weighted by molar-refractivity contribution is 5.75. The molecule has 0 radical (unpaired) electrons. The van der Waals surface area contributed by atoms with Gasteiger partial charge in [-0.1, -0.05) is 42.5 Å². The molecule has 0 saturated carbocycles. The maximum Gasteiger partial charge on any atom is 0.416 e. The summed E-state index contributed by atoms with van der Waals surface area (Å²) >= 11 is 0. The Labute approximate surface area is 228 Å². The number of aliphatic hydroxyl groups excluding tert-OH is 4. The van der Waals surface area contributed by atoms with E-state index in [9.17, 15) is 43.5 Å². The number of carbonyl (C=O) groups is 1. The third kappa shape index (κ3) is 6.55. The van der Waals surface area contributed by atoms with Crippen molar-refractivity contribution in [2.24, 2.45) is 0 Å². The number of nitrogens with one attached hydrogen (secondary N) is 1. The van der Waals surface area contributed by atoms with Crippen molar-refractivity contribution >= 4 is 11.5 Å². The van der Waals surface area contributed by atoms with Crippen molar-refractivity contribution in [3.05, 3.63) is 76.9 Å². The monoisotopic (exact) mass is 567 g/mol. The third-order valence-electron chi connectivity index (χ3n) is 7.15. The first-order valence-corrected chi connectivity index (χ1v) is 12.8. The zero-order valence-corrected chi connectivity index (χ0v) is 21.5. The SMILES string of the molecule is C[C@@H](NCCCc1cccc(C(F)(F)F)c1)C1=C[C@@H](O)[C@H](O[C@@H]2O[C@H](C(=O)O)[C@@H](O)[C@H](O)[C@H]2O)c2ccccc21. The zero-order chi connectivity index (χ0) is 29.2. The number of aliphatic carboxylic acids is 1. The van der Waals surface area contributed by atoms with Crippen molar-refractivity contribution in [3.63, 3.8) is 0 Å². The van der Waals surface area contributed by atoms with Gasteiger partial charge < -0.3 is 40.3 Å². The maximum absolute atomic E-state index is 13.0. The summed E-state index contributed by atoms with van der Waals surface area (Å²) in [6.45, 7) is 2.37. The van der Waals surface area contributed by atoms with Crippen molar-refractivity contribution in [1.29, 1.82) is 0 Å². The maximum atomic E-state index is 13.0. The number of ether oxygens (including phenoxy) is 2. The number of hydrogen-bond acceptors (Lipinski definition) is 8. The minimum absolute atomic E-state index is 0.261. The highest BCUT2D eigenvalue weighted by Gasteiger charge is 2.49. The van der Waals surface area contributed by atoms with Crippen LogP contribution in [0.5, 0.6) is 0 Å². The molecular weight excluding hydrogens is 535 g/mol. The second-order valence-electron chi connectivity index (χ2n) is 9.97. The van der Waals surface area contributed by atoms with E-state index in [-0.39, 0.29) is 6.04 Å². The number of rotatable bonds is 9. The lowest BCUT2D eigenvalue weighted by molar-refractivity contribution is -0.310. The molecule has 2 aromatic rings. The molecule has 1 aliphatic carbocycles. The lowest BCUT2D eigenvalue weighted by atomic mass is 9.84. The van der Waals surface area contributed by atoms with Gasteiger partial charge in [0.25, 0.3) is 0 Å². The van der Waals surface area contributed by atoms with Crippen molar-refractivity contribution < 1.29 is 53.0 Å². The van der Waals surface area contributed by atoms with Crippen LogP contribution < -0.4 is 5.32 Å². The molecule has 6 N–H and O–H groups in total. The van der Waals surface area contributed by atoms with Crippen LogP contribution in [0.1, 0.15) is 41.7 Å². The molecule has 2 aromatic carbocycles. The number of halogens is 3. The van der Waals surface area contributed by atoms with E-state index in [0.717, 1.165) is 23.3 Å². The van der Waals surface area contributed by atoms with E-state index in [4.69, 9.17) is 9.47 Å².